The Hall–Kier alpha value is -0.770. The van der Waals surface area contributed by atoms with Gasteiger partial charge in [0, 0.05) is 81.8 Å². The van der Waals surface area contributed by atoms with Gasteiger partial charge in [0.25, 0.3) is 0 Å². The second-order valence-corrected chi connectivity index (χ2v) is 12.1. The molecule has 0 radical (unpaired) electrons. The van der Waals surface area contributed by atoms with Crippen molar-refractivity contribution in [3.8, 4) is 0 Å². The zero-order chi connectivity index (χ0) is 24.2. The molecule has 6 aliphatic rings. The van der Waals surface area contributed by atoms with Gasteiger partial charge in [0.05, 0.1) is 30.5 Å². The summed E-state index contributed by atoms with van der Waals surface area (Å²) in [6.45, 7) is 6.00. The molecule has 1 heterocycles. The Morgan fingerprint density at radius 2 is 1.91 bits per heavy atom. The number of carbonyl (C=O) groups excluding carboxylic acids is 1. The van der Waals surface area contributed by atoms with E-state index in [2.05, 4.69) is 11.8 Å². The standard InChI is InChI=1S/C26H41NO7/c1-6-27-11-24(12-31-3)8-7-17(29)26-15-9-14-16(32-4)10-25(30,18(15)20(14)34-13(2)28)19(23(26)27)21(33-5)22(24)26/h14-23,29-30H,6-12H2,1-5H3. The summed E-state index contributed by atoms with van der Waals surface area (Å²) in [7, 11) is 5.23. The van der Waals surface area contributed by atoms with Crippen LogP contribution < -0.4 is 0 Å². The van der Waals surface area contributed by atoms with Crippen molar-refractivity contribution >= 4 is 5.97 Å². The maximum Gasteiger partial charge on any atom is 0.302 e. The van der Waals surface area contributed by atoms with Gasteiger partial charge in [-0.3, -0.25) is 9.69 Å². The average Bonchev–Trinajstić information content (AvgIpc) is 3.23. The van der Waals surface area contributed by atoms with E-state index in [1.807, 2.05) is 0 Å². The number of piperidine rings is 1. The van der Waals surface area contributed by atoms with E-state index in [4.69, 9.17) is 18.9 Å². The number of hydrogen-bond acceptors (Lipinski definition) is 8. The van der Waals surface area contributed by atoms with Gasteiger partial charge in [-0.05, 0) is 31.7 Å². The Morgan fingerprint density at radius 3 is 2.53 bits per heavy atom. The first kappa shape index (κ1) is 23.6. The van der Waals surface area contributed by atoms with Crippen LogP contribution in [0.3, 0.4) is 0 Å². The molecule has 0 amide bonds. The van der Waals surface area contributed by atoms with E-state index in [9.17, 15) is 15.0 Å². The molecule has 13 atom stereocenters. The largest absolute Gasteiger partial charge is 0.462 e. The Balaban J connectivity index is 1.61. The van der Waals surface area contributed by atoms with Crippen LogP contribution in [0.15, 0.2) is 0 Å². The summed E-state index contributed by atoms with van der Waals surface area (Å²) in [4.78, 5) is 14.7. The fourth-order valence-electron chi connectivity index (χ4n) is 11.0. The highest BCUT2D eigenvalue weighted by atomic mass is 16.5. The van der Waals surface area contributed by atoms with Gasteiger partial charge in [-0.15, -0.1) is 0 Å². The average molecular weight is 480 g/mol. The van der Waals surface area contributed by atoms with Crippen molar-refractivity contribution in [1.82, 2.24) is 4.90 Å². The molecule has 0 aromatic rings. The normalized spacial score (nSPS) is 57.0. The molecule has 1 aliphatic heterocycles. The van der Waals surface area contributed by atoms with E-state index in [0.29, 0.717) is 13.0 Å². The lowest BCUT2D eigenvalue weighted by Crippen LogP contribution is -2.76. The molecule has 8 heteroatoms. The topological polar surface area (TPSA) is 97.7 Å². The van der Waals surface area contributed by atoms with Gasteiger partial charge in [0.15, 0.2) is 0 Å². The first-order valence-corrected chi connectivity index (χ1v) is 13.1. The molecule has 192 valence electrons. The third-order valence-corrected chi connectivity index (χ3v) is 11.4. The maximum atomic E-state index is 12.7. The number of hydrogen-bond donors (Lipinski definition) is 2. The highest BCUT2D eigenvalue weighted by Crippen LogP contribution is 2.79. The predicted octanol–water partition coefficient (Wildman–Crippen LogP) is 1.07. The van der Waals surface area contributed by atoms with Crippen LogP contribution in [-0.4, -0.2) is 98.2 Å². The van der Waals surface area contributed by atoms with Crippen molar-refractivity contribution in [3.05, 3.63) is 0 Å². The fraction of sp³-hybridized carbons (Fsp3) is 0.962. The number of ether oxygens (including phenoxy) is 4. The highest BCUT2D eigenvalue weighted by molar-refractivity contribution is 5.66. The molecule has 13 unspecified atom stereocenters. The lowest BCUT2D eigenvalue weighted by molar-refractivity contribution is -0.274. The molecular weight excluding hydrogens is 438 g/mol. The predicted molar refractivity (Wildman–Crippen MR) is 122 cm³/mol. The van der Waals surface area contributed by atoms with Crippen LogP contribution in [0, 0.1) is 40.4 Å². The lowest BCUT2D eigenvalue weighted by Gasteiger charge is -2.68. The zero-order valence-corrected chi connectivity index (χ0v) is 21.1. The van der Waals surface area contributed by atoms with E-state index < -0.39 is 23.2 Å². The van der Waals surface area contributed by atoms with Gasteiger partial charge >= 0.3 is 5.97 Å². The van der Waals surface area contributed by atoms with E-state index in [0.717, 1.165) is 32.4 Å². The molecule has 5 aliphatic carbocycles. The van der Waals surface area contributed by atoms with Crippen LogP contribution in [0.5, 0.6) is 0 Å². The summed E-state index contributed by atoms with van der Waals surface area (Å²) in [6.07, 6.45) is 1.64. The fourth-order valence-corrected chi connectivity index (χ4v) is 11.0. The van der Waals surface area contributed by atoms with Gasteiger partial charge in [0.1, 0.15) is 6.10 Å². The van der Waals surface area contributed by atoms with Gasteiger partial charge in [-0.2, -0.15) is 0 Å². The van der Waals surface area contributed by atoms with Crippen molar-refractivity contribution in [1.29, 1.82) is 0 Å². The van der Waals surface area contributed by atoms with Crippen molar-refractivity contribution < 1.29 is 34.0 Å². The minimum absolute atomic E-state index is 0.0197. The molecule has 0 aromatic carbocycles. The van der Waals surface area contributed by atoms with E-state index in [1.165, 1.54) is 6.92 Å². The van der Waals surface area contributed by atoms with Crippen LogP contribution in [-0.2, 0) is 23.7 Å². The summed E-state index contributed by atoms with van der Waals surface area (Å²) in [5.41, 5.74) is -1.66. The Labute approximate surface area is 202 Å². The van der Waals surface area contributed by atoms with E-state index >= 15 is 0 Å². The third kappa shape index (κ3) is 2.48. The molecule has 8 nitrogen and oxygen atoms in total. The minimum atomic E-state index is -1.09. The molecule has 1 spiro atoms. The minimum Gasteiger partial charge on any atom is -0.462 e. The van der Waals surface area contributed by atoms with Crippen LogP contribution in [0.2, 0.25) is 0 Å². The number of nitrogens with zero attached hydrogens (tertiary/aromatic N) is 1. The summed E-state index contributed by atoms with van der Waals surface area (Å²) in [6, 6.07) is 0.0197. The number of fused-ring (bicyclic) bond motifs is 2. The Kier molecular flexibility index (Phi) is 5.29. The molecule has 1 saturated heterocycles. The monoisotopic (exact) mass is 479 g/mol. The smallest absolute Gasteiger partial charge is 0.302 e. The Bertz CT molecular complexity index is 855. The SMILES string of the molecule is CCN1CC2(COC)CCC(O)C34C5CC6C(OC)CC(O)(C5C6OC(C)=O)C(C(OC)C23)C14. The van der Waals surface area contributed by atoms with Gasteiger partial charge in [-0.1, -0.05) is 6.92 Å². The first-order valence-electron chi connectivity index (χ1n) is 13.1. The van der Waals surface area contributed by atoms with Crippen molar-refractivity contribution in [2.75, 3.05) is 41.0 Å². The molecule has 7 bridgehead atoms. The third-order valence-electron chi connectivity index (χ3n) is 11.4. The van der Waals surface area contributed by atoms with Crippen molar-refractivity contribution in [3.63, 3.8) is 0 Å². The van der Waals surface area contributed by atoms with Crippen LogP contribution >= 0.6 is 0 Å². The lowest BCUT2D eigenvalue weighted by atomic mass is 9.43. The van der Waals surface area contributed by atoms with Crippen molar-refractivity contribution in [2.45, 2.75) is 75.6 Å². The number of aliphatic hydroxyl groups excluding tert-OH is 1. The van der Waals surface area contributed by atoms with Gasteiger partial charge in [0.2, 0.25) is 0 Å². The summed E-state index contributed by atoms with van der Waals surface area (Å²) < 4.78 is 24.1. The Morgan fingerprint density at radius 1 is 1.15 bits per heavy atom. The second kappa shape index (κ2) is 7.62. The molecular formula is C26H41NO7. The molecule has 6 fully saturated rings. The molecule has 2 N–H and O–H groups in total. The molecule has 0 aromatic heterocycles. The van der Waals surface area contributed by atoms with Crippen LogP contribution in [0.25, 0.3) is 0 Å². The number of rotatable bonds is 6. The number of aliphatic hydroxyl groups is 2. The van der Waals surface area contributed by atoms with Gasteiger partial charge in [-0.25, -0.2) is 0 Å². The second-order valence-electron chi connectivity index (χ2n) is 12.1. The summed E-state index contributed by atoms with van der Waals surface area (Å²) in [5, 5.41) is 24.7. The van der Waals surface area contributed by atoms with E-state index in [-0.39, 0.29) is 59.2 Å². The summed E-state index contributed by atoms with van der Waals surface area (Å²) in [5.74, 6) is -0.586. The summed E-state index contributed by atoms with van der Waals surface area (Å²) >= 11 is 0. The van der Waals surface area contributed by atoms with Gasteiger partial charge < -0.3 is 29.2 Å². The number of likely N-dealkylation sites (tertiary alicyclic amines) is 1. The highest BCUT2D eigenvalue weighted by Gasteiger charge is 2.86. The quantitative estimate of drug-likeness (QED) is 0.546. The number of methoxy groups -OCH3 is 3. The maximum absolute atomic E-state index is 12.7. The van der Waals surface area contributed by atoms with Crippen molar-refractivity contribution in [2.24, 2.45) is 40.4 Å². The number of carbonyl (C=O) groups is 1. The number of esters is 1. The zero-order valence-electron chi connectivity index (χ0n) is 21.1. The first-order chi connectivity index (χ1) is 16.2. The van der Waals surface area contributed by atoms with E-state index in [1.54, 1.807) is 21.3 Å². The molecule has 5 saturated carbocycles. The molecule has 6 rings (SSSR count). The molecule has 34 heavy (non-hydrogen) atoms. The van der Waals surface area contributed by atoms with Crippen LogP contribution in [0.1, 0.15) is 39.5 Å². The van der Waals surface area contributed by atoms with Crippen LogP contribution in [0.4, 0.5) is 0 Å².